The topological polar surface area (TPSA) is 91.7 Å². The molecule has 0 spiro atoms. The van der Waals surface area contributed by atoms with Gasteiger partial charge in [0.2, 0.25) is 0 Å². The van der Waals surface area contributed by atoms with Gasteiger partial charge < -0.3 is 19.5 Å². The van der Waals surface area contributed by atoms with Gasteiger partial charge >= 0.3 is 5.69 Å². The number of amides is 1. The van der Waals surface area contributed by atoms with Gasteiger partial charge in [0.15, 0.2) is 6.23 Å². The van der Waals surface area contributed by atoms with E-state index in [2.05, 4.69) is 16.9 Å². The van der Waals surface area contributed by atoms with Crippen molar-refractivity contribution in [3.63, 3.8) is 0 Å². The van der Waals surface area contributed by atoms with Crippen LogP contribution >= 0.6 is 0 Å². The average Bonchev–Trinajstić information content (AvgIpc) is 2.98. The molecule has 142 valence electrons. The maximum absolute atomic E-state index is 12.5. The molecule has 8 nitrogen and oxygen atoms in total. The first kappa shape index (κ1) is 19.0. The molecule has 2 heterocycles. The first-order valence-electron chi connectivity index (χ1n) is 8.36. The summed E-state index contributed by atoms with van der Waals surface area (Å²) >= 11 is 0. The number of carbonyl (C=O) groups is 1. The van der Waals surface area contributed by atoms with Crippen molar-refractivity contribution >= 4 is 11.7 Å². The Morgan fingerprint density at radius 1 is 1.30 bits per heavy atom. The lowest BCUT2D eigenvalue weighted by Crippen LogP contribution is -2.29. The molecule has 1 aliphatic rings. The van der Waals surface area contributed by atoms with Gasteiger partial charge in [-0.3, -0.25) is 9.36 Å². The highest BCUT2D eigenvalue weighted by Gasteiger charge is 2.40. The highest BCUT2D eigenvalue weighted by molar-refractivity contribution is 6.03. The number of aromatic nitrogens is 2. The smallest absolute Gasteiger partial charge is 0.351 e. The number of carbonyl (C=O) groups excluding carboxylic acids is 1. The van der Waals surface area contributed by atoms with Crippen LogP contribution in [0.1, 0.15) is 16.6 Å². The summed E-state index contributed by atoms with van der Waals surface area (Å²) in [5.41, 5.74) is 0.505. The van der Waals surface area contributed by atoms with Crippen molar-refractivity contribution in [1.29, 1.82) is 0 Å². The van der Waals surface area contributed by atoms with Crippen molar-refractivity contribution < 1.29 is 19.0 Å². The lowest BCUT2D eigenvalue weighted by Gasteiger charge is -2.15. The molecule has 0 aliphatic carbocycles. The van der Waals surface area contributed by atoms with Crippen LogP contribution in [0.4, 0.5) is 5.82 Å². The van der Waals surface area contributed by atoms with Crippen molar-refractivity contribution in [2.24, 2.45) is 0 Å². The van der Waals surface area contributed by atoms with E-state index in [1.54, 1.807) is 38.5 Å². The second-order valence-electron chi connectivity index (χ2n) is 6.04. The van der Waals surface area contributed by atoms with Crippen LogP contribution in [0.2, 0.25) is 0 Å². The number of nitrogens with zero attached hydrogens (tertiary/aromatic N) is 2. The summed E-state index contributed by atoms with van der Waals surface area (Å²) in [6.45, 7) is 4.29. The Kier molecular flexibility index (Phi) is 5.80. The fourth-order valence-electron chi connectivity index (χ4n) is 2.98. The lowest BCUT2D eigenvalue weighted by atomic mass is 10.1. The van der Waals surface area contributed by atoms with Crippen molar-refractivity contribution in [2.75, 3.05) is 26.1 Å². The van der Waals surface area contributed by atoms with Crippen LogP contribution in [0.3, 0.4) is 0 Å². The van der Waals surface area contributed by atoms with Crippen molar-refractivity contribution in [2.45, 2.75) is 18.4 Å². The van der Waals surface area contributed by atoms with E-state index < -0.39 is 11.9 Å². The maximum atomic E-state index is 12.5. The molecule has 1 fully saturated rings. The summed E-state index contributed by atoms with van der Waals surface area (Å²) in [5, 5.41) is 2.61. The number of hydrogen-bond donors (Lipinski definition) is 1. The van der Waals surface area contributed by atoms with Crippen LogP contribution in [0.15, 0.2) is 59.5 Å². The van der Waals surface area contributed by atoms with Gasteiger partial charge in [0.25, 0.3) is 5.91 Å². The van der Waals surface area contributed by atoms with Crippen LogP contribution in [-0.2, 0) is 14.2 Å². The van der Waals surface area contributed by atoms with Gasteiger partial charge in [-0.2, -0.15) is 4.98 Å². The fraction of sp³-hybridized carbons (Fsp3) is 0.316. The van der Waals surface area contributed by atoms with E-state index >= 15 is 0 Å². The van der Waals surface area contributed by atoms with Gasteiger partial charge in [-0.15, -0.1) is 0 Å². The van der Waals surface area contributed by atoms with Gasteiger partial charge in [0.1, 0.15) is 18.0 Å². The zero-order chi connectivity index (χ0) is 19.4. The van der Waals surface area contributed by atoms with Crippen LogP contribution in [0.25, 0.3) is 0 Å². The molecule has 1 saturated heterocycles. The molecule has 0 radical (unpaired) electrons. The van der Waals surface area contributed by atoms with E-state index in [0.29, 0.717) is 17.7 Å². The molecular formula is C19H21N3O5. The van der Waals surface area contributed by atoms with Crippen molar-refractivity contribution in [1.82, 2.24) is 9.55 Å². The molecule has 3 atom stereocenters. The largest absolute Gasteiger partial charge is 0.382 e. The number of hydrogen-bond acceptors (Lipinski definition) is 6. The number of benzene rings is 1. The van der Waals surface area contributed by atoms with Crippen molar-refractivity contribution in [3.8, 4) is 0 Å². The maximum Gasteiger partial charge on any atom is 0.351 e. The van der Waals surface area contributed by atoms with Gasteiger partial charge in [-0.1, -0.05) is 24.8 Å². The lowest BCUT2D eigenvalue weighted by molar-refractivity contribution is -0.0615. The minimum Gasteiger partial charge on any atom is -0.382 e. The molecule has 1 aromatic carbocycles. The molecule has 2 aromatic rings. The second-order valence-corrected chi connectivity index (χ2v) is 6.04. The number of rotatable bonds is 6. The number of nitrogens with one attached hydrogen (secondary N) is 1. The summed E-state index contributed by atoms with van der Waals surface area (Å²) in [6.07, 6.45) is 0.0309. The first-order chi connectivity index (χ1) is 13.0. The summed E-state index contributed by atoms with van der Waals surface area (Å²) in [6, 6.07) is 10.2. The molecule has 1 amide bonds. The van der Waals surface area contributed by atoms with Crippen LogP contribution < -0.4 is 11.0 Å². The Hall–Kier alpha value is -2.81. The molecule has 1 aliphatic heterocycles. The predicted molar refractivity (Wildman–Crippen MR) is 98.6 cm³/mol. The number of ether oxygens (including phenoxy) is 3. The minimum atomic E-state index is -0.714. The van der Waals surface area contributed by atoms with Gasteiger partial charge in [0.05, 0.1) is 6.61 Å². The van der Waals surface area contributed by atoms with Crippen molar-refractivity contribution in [3.05, 3.63) is 70.8 Å². The Labute approximate surface area is 156 Å². The quantitative estimate of drug-likeness (QED) is 0.776. The molecule has 0 bridgehead atoms. The Morgan fingerprint density at radius 2 is 2.04 bits per heavy atom. The third-order valence-electron chi connectivity index (χ3n) is 4.27. The van der Waals surface area contributed by atoms with E-state index in [1.807, 2.05) is 6.07 Å². The molecule has 1 aromatic heterocycles. The highest BCUT2D eigenvalue weighted by atomic mass is 16.6. The zero-order valence-corrected chi connectivity index (χ0v) is 15.1. The monoisotopic (exact) mass is 371 g/mol. The minimum absolute atomic E-state index is 0.158. The van der Waals surface area contributed by atoms with E-state index in [1.165, 1.54) is 16.8 Å². The molecule has 0 saturated carbocycles. The van der Waals surface area contributed by atoms with Crippen LogP contribution in [0, 0.1) is 0 Å². The van der Waals surface area contributed by atoms with E-state index in [9.17, 15) is 9.59 Å². The van der Waals surface area contributed by atoms with Gasteiger partial charge in [0, 0.05) is 31.6 Å². The Bertz CT molecular complexity index is 880. The fourth-order valence-corrected chi connectivity index (χ4v) is 2.98. The summed E-state index contributed by atoms with van der Waals surface area (Å²) in [4.78, 5) is 28.6. The summed E-state index contributed by atoms with van der Waals surface area (Å²) in [7, 11) is 3.11. The number of methoxy groups -OCH3 is 2. The molecule has 1 N–H and O–H groups in total. The average molecular weight is 371 g/mol. The molecule has 1 unspecified atom stereocenters. The van der Waals surface area contributed by atoms with E-state index in [-0.39, 0.29) is 23.9 Å². The van der Waals surface area contributed by atoms with E-state index in [0.717, 1.165) is 0 Å². The molecular weight excluding hydrogens is 350 g/mol. The third-order valence-corrected chi connectivity index (χ3v) is 4.27. The Balaban J connectivity index is 1.78. The van der Waals surface area contributed by atoms with Gasteiger partial charge in [-0.25, -0.2) is 4.79 Å². The molecule has 3 rings (SSSR count). The normalized spacial score (nSPS) is 22.0. The predicted octanol–water partition coefficient (Wildman–Crippen LogP) is 1.61. The second kappa shape index (κ2) is 8.26. The van der Waals surface area contributed by atoms with Gasteiger partial charge in [-0.05, 0) is 18.2 Å². The third kappa shape index (κ3) is 3.97. The molecule has 27 heavy (non-hydrogen) atoms. The van der Waals surface area contributed by atoms with E-state index in [4.69, 9.17) is 14.2 Å². The summed E-state index contributed by atoms with van der Waals surface area (Å²) in [5.74, 6) is -0.188. The zero-order valence-electron chi connectivity index (χ0n) is 15.1. The Morgan fingerprint density at radius 3 is 2.67 bits per heavy atom. The number of anilines is 1. The van der Waals surface area contributed by atoms with Crippen LogP contribution in [-0.4, -0.2) is 48.5 Å². The summed E-state index contributed by atoms with van der Waals surface area (Å²) < 4.78 is 17.7. The van der Waals surface area contributed by atoms with Crippen LogP contribution in [0.5, 0.6) is 0 Å². The highest BCUT2D eigenvalue weighted by Crippen LogP contribution is 2.34. The first-order valence-corrected chi connectivity index (χ1v) is 8.36. The SMILES string of the molecule is C=C1C(OC)[C@@H](COC)O[C@H]1n1ccc(NC(=O)c2ccccc2)nc1=O. The standard InChI is InChI=1S/C19H21N3O5/c1-12-16(26-3)14(11-25-2)27-18(12)22-10-9-15(21-19(22)24)20-17(23)13-7-5-4-6-8-13/h4-10,14,16,18H,1,11H2,2-3H3,(H,20,21,23,24)/t14-,16?,18-/m1/s1. The molecule has 8 heteroatoms.